The van der Waals surface area contributed by atoms with Crippen molar-refractivity contribution >= 4 is 22.1 Å². The fourth-order valence-electron chi connectivity index (χ4n) is 1.52. The summed E-state index contributed by atoms with van der Waals surface area (Å²) in [6.07, 6.45) is 2.85. The van der Waals surface area contributed by atoms with Gasteiger partial charge in [0, 0.05) is 17.8 Å². The third-order valence-corrected chi connectivity index (χ3v) is 3.21. The summed E-state index contributed by atoms with van der Waals surface area (Å²) >= 11 is 3.44. The Kier molecular flexibility index (Phi) is 5.22. The van der Waals surface area contributed by atoms with Crippen LogP contribution >= 0.6 is 15.9 Å². The van der Waals surface area contributed by atoms with Gasteiger partial charge in [-0.15, -0.1) is 0 Å². The van der Waals surface area contributed by atoms with Crippen molar-refractivity contribution in [2.45, 2.75) is 19.4 Å². The minimum absolute atomic E-state index is 0.430. The lowest BCUT2D eigenvalue weighted by molar-refractivity contribution is 0.131. The van der Waals surface area contributed by atoms with Crippen molar-refractivity contribution in [3.63, 3.8) is 0 Å². The van der Waals surface area contributed by atoms with Crippen molar-refractivity contribution in [2.75, 3.05) is 27.2 Å². The highest BCUT2D eigenvalue weighted by atomic mass is 79.9. The van der Waals surface area contributed by atoms with E-state index < -0.39 is 0 Å². The van der Waals surface area contributed by atoms with Crippen LogP contribution in [0, 0.1) is 0 Å². The number of halogens is 1. The Morgan fingerprint density at radius 3 is 2.81 bits per heavy atom. The van der Waals surface area contributed by atoms with Crippen LogP contribution < -0.4 is 0 Å². The van der Waals surface area contributed by atoms with E-state index in [1.54, 1.807) is 6.21 Å². The molecule has 0 unspecified atom stereocenters. The summed E-state index contributed by atoms with van der Waals surface area (Å²) in [7, 11) is 4.14. The lowest BCUT2D eigenvalue weighted by Crippen LogP contribution is -2.32. The quantitative estimate of drug-likeness (QED) is 0.776. The molecule has 0 bridgehead atoms. The first-order chi connectivity index (χ1) is 7.56. The van der Waals surface area contributed by atoms with Gasteiger partial charge in [0.1, 0.15) is 12.4 Å². The molecule has 0 aliphatic carbocycles. The number of ether oxygens (including phenoxy) is 1. The zero-order chi connectivity index (χ0) is 12.1. The molecule has 0 radical (unpaired) electrons. The maximum Gasteiger partial charge on any atom is 0.139 e. The first-order valence-electron chi connectivity index (χ1n) is 5.43. The summed E-state index contributed by atoms with van der Waals surface area (Å²) in [5, 5.41) is 0. The molecule has 0 saturated carbocycles. The average molecular weight is 287 g/mol. The van der Waals surface area contributed by atoms with Gasteiger partial charge in [0.05, 0.1) is 11.0 Å². The van der Waals surface area contributed by atoms with Crippen LogP contribution in [-0.4, -0.2) is 44.4 Å². The number of nitrogens with zero attached hydrogens (tertiary/aromatic N) is 2. The van der Waals surface area contributed by atoms with Gasteiger partial charge < -0.3 is 9.64 Å². The minimum atomic E-state index is 0.430. The summed E-state index contributed by atoms with van der Waals surface area (Å²) in [6, 6.07) is 0.430. The first-order valence-corrected chi connectivity index (χ1v) is 6.22. The van der Waals surface area contributed by atoms with E-state index in [1.807, 2.05) is 0 Å². The van der Waals surface area contributed by atoms with E-state index in [2.05, 4.69) is 53.4 Å². The zero-order valence-corrected chi connectivity index (χ0v) is 11.7. The molecule has 1 rings (SSSR count). The summed E-state index contributed by atoms with van der Waals surface area (Å²) in [6.45, 7) is 7.43. The van der Waals surface area contributed by atoms with Crippen molar-refractivity contribution < 1.29 is 4.74 Å². The van der Waals surface area contributed by atoms with Gasteiger partial charge in [-0.1, -0.05) is 13.5 Å². The number of rotatable bonds is 5. The molecule has 0 aromatic rings. The third kappa shape index (κ3) is 3.46. The maximum absolute atomic E-state index is 5.82. The Morgan fingerprint density at radius 1 is 1.62 bits per heavy atom. The molecule has 1 heterocycles. The number of likely N-dealkylation sites (N-methyl/N-ethyl adjacent to an activating group) is 1. The van der Waals surface area contributed by atoms with Gasteiger partial charge in [0.15, 0.2) is 0 Å². The number of hydrogen-bond donors (Lipinski definition) is 0. The fourth-order valence-corrected chi connectivity index (χ4v) is 2.06. The number of hydrogen-bond acceptors (Lipinski definition) is 3. The molecule has 4 heteroatoms. The zero-order valence-electron chi connectivity index (χ0n) is 10.2. The lowest BCUT2D eigenvalue weighted by Gasteiger charge is -2.25. The first kappa shape index (κ1) is 13.5. The number of dihydropyridines is 1. The van der Waals surface area contributed by atoms with Crippen molar-refractivity contribution in [1.29, 1.82) is 0 Å². The molecule has 16 heavy (non-hydrogen) atoms. The van der Waals surface area contributed by atoms with E-state index in [4.69, 9.17) is 4.74 Å². The van der Waals surface area contributed by atoms with E-state index in [0.29, 0.717) is 19.2 Å². The van der Waals surface area contributed by atoms with Gasteiger partial charge in [-0.3, -0.25) is 4.99 Å². The van der Waals surface area contributed by atoms with E-state index in [1.165, 1.54) is 0 Å². The summed E-state index contributed by atoms with van der Waals surface area (Å²) in [5.41, 5.74) is 0.933. The Labute approximate surface area is 106 Å². The van der Waals surface area contributed by atoms with Gasteiger partial charge in [-0.25, -0.2) is 0 Å². The molecular formula is C12H19BrN2O. The van der Waals surface area contributed by atoms with Crippen molar-refractivity contribution in [1.82, 2.24) is 4.90 Å². The van der Waals surface area contributed by atoms with Gasteiger partial charge in [-0.05, 0) is 36.4 Å². The molecule has 1 aliphatic heterocycles. The summed E-state index contributed by atoms with van der Waals surface area (Å²) in [5.74, 6) is 0.843. The maximum atomic E-state index is 5.82. The Hall–Kier alpha value is -0.610. The van der Waals surface area contributed by atoms with Gasteiger partial charge in [0.25, 0.3) is 0 Å². The van der Waals surface area contributed by atoms with E-state index in [-0.39, 0.29) is 0 Å². The Bertz CT molecular complexity index is 321. The Morgan fingerprint density at radius 2 is 2.31 bits per heavy atom. The van der Waals surface area contributed by atoms with Gasteiger partial charge in [0.2, 0.25) is 0 Å². The molecule has 90 valence electrons. The molecule has 0 saturated heterocycles. The second-order valence-electron chi connectivity index (χ2n) is 4.09. The van der Waals surface area contributed by atoms with E-state index in [0.717, 1.165) is 22.2 Å². The second kappa shape index (κ2) is 6.21. The molecule has 0 spiro atoms. The standard InChI is InChI=1S/C12H19BrN2O/c1-5-10(15(3)4)8-16-12-9(2)6-14-7-11(12)13/h7,10H,2,5-6,8H2,1,3-4H3/t10-/m0/s1. The van der Waals surface area contributed by atoms with Crippen molar-refractivity contribution in [3.05, 3.63) is 22.4 Å². The SMILES string of the molecule is C=C1CN=CC(Br)=C1OC[C@H](CC)N(C)C. The number of aliphatic imine (C=N–C) groups is 1. The number of allylic oxidation sites excluding steroid dienone is 1. The third-order valence-electron chi connectivity index (χ3n) is 2.65. The molecule has 0 amide bonds. The molecule has 0 aromatic carbocycles. The largest absolute Gasteiger partial charge is 0.490 e. The van der Waals surface area contributed by atoms with Crippen LogP contribution in [0.1, 0.15) is 13.3 Å². The molecular weight excluding hydrogens is 268 g/mol. The van der Waals surface area contributed by atoms with Gasteiger partial charge >= 0.3 is 0 Å². The minimum Gasteiger partial charge on any atom is -0.490 e. The van der Waals surface area contributed by atoms with Crippen LogP contribution in [0.5, 0.6) is 0 Å². The smallest absolute Gasteiger partial charge is 0.139 e. The van der Waals surface area contributed by atoms with Crippen molar-refractivity contribution in [2.24, 2.45) is 4.99 Å². The van der Waals surface area contributed by atoms with Crippen molar-refractivity contribution in [3.8, 4) is 0 Å². The summed E-state index contributed by atoms with van der Waals surface area (Å²) < 4.78 is 6.71. The lowest BCUT2D eigenvalue weighted by atomic mass is 10.2. The monoisotopic (exact) mass is 286 g/mol. The predicted octanol–water partition coefficient (Wildman–Crippen LogP) is 2.59. The molecule has 3 nitrogen and oxygen atoms in total. The Balaban J connectivity index is 2.60. The molecule has 1 atom stereocenters. The topological polar surface area (TPSA) is 24.8 Å². The van der Waals surface area contributed by atoms with Gasteiger partial charge in [-0.2, -0.15) is 0 Å². The fraction of sp³-hybridized carbons (Fsp3) is 0.583. The molecule has 1 aliphatic rings. The van der Waals surface area contributed by atoms with Crippen LogP contribution in [0.3, 0.4) is 0 Å². The highest BCUT2D eigenvalue weighted by molar-refractivity contribution is 9.12. The predicted molar refractivity (Wildman–Crippen MR) is 72.2 cm³/mol. The second-order valence-corrected chi connectivity index (χ2v) is 4.94. The average Bonchev–Trinajstić information content (AvgIpc) is 2.22. The normalized spacial score (nSPS) is 18.2. The highest BCUT2D eigenvalue weighted by Crippen LogP contribution is 2.23. The molecule has 0 N–H and O–H groups in total. The van der Waals surface area contributed by atoms with Crippen LogP contribution in [0.15, 0.2) is 27.4 Å². The van der Waals surface area contributed by atoms with E-state index >= 15 is 0 Å². The molecule has 0 aromatic heterocycles. The van der Waals surface area contributed by atoms with Crippen LogP contribution in [0.25, 0.3) is 0 Å². The van der Waals surface area contributed by atoms with Crippen LogP contribution in [-0.2, 0) is 4.74 Å². The van der Waals surface area contributed by atoms with E-state index in [9.17, 15) is 0 Å². The molecule has 0 fully saturated rings. The summed E-state index contributed by atoms with van der Waals surface area (Å²) in [4.78, 5) is 6.33. The highest BCUT2D eigenvalue weighted by Gasteiger charge is 2.16. The van der Waals surface area contributed by atoms with Crippen LogP contribution in [0.2, 0.25) is 0 Å². The van der Waals surface area contributed by atoms with Crippen LogP contribution in [0.4, 0.5) is 0 Å².